The number of sulfonamides is 1. The van der Waals surface area contributed by atoms with Crippen LogP contribution in [0.1, 0.15) is 5.56 Å². The molecule has 1 heterocycles. The van der Waals surface area contributed by atoms with Crippen molar-refractivity contribution in [2.45, 2.75) is 10.8 Å². The second kappa shape index (κ2) is 5.92. The average Bonchev–Trinajstić information content (AvgIpc) is 2.77. The Kier molecular flexibility index (Phi) is 4.46. The van der Waals surface area contributed by atoms with Crippen molar-refractivity contribution in [2.75, 3.05) is 11.8 Å². The molecular formula is C12H13ClN2O2S2. The minimum absolute atomic E-state index is 0.205. The summed E-state index contributed by atoms with van der Waals surface area (Å²) in [6, 6.07) is 10.3. The summed E-state index contributed by atoms with van der Waals surface area (Å²) in [5.41, 5.74) is 1.55. The highest BCUT2D eigenvalue weighted by Gasteiger charge is 2.16. The number of hydrogen-bond donors (Lipinski definition) is 2. The molecule has 1 aromatic carbocycles. The normalized spacial score (nSPS) is 11.5. The van der Waals surface area contributed by atoms with E-state index in [1.54, 1.807) is 18.2 Å². The third kappa shape index (κ3) is 3.70. The lowest BCUT2D eigenvalue weighted by atomic mass is 10.2. The van der Waals surface area contributed by atoms with Gasteiger partial charge in [0.2, 0.25) is 0 Å². The number of benzene rings is 1. The minimum atomic E-state index is -3.56. The zero-order valence-corrected chi connectivity index (χ0v) is 12.6. The van der Waals surface area contributed by atoms with E-state index >= 15 is 0 Å². The lowest BCUT2D eigenvalue weighted by Gasteiger charge is -2.08. The first kappa shape index (κ1) is 14.3. The van der Waals surface area contributed by atoms with Crippen LogP contribution in [0.2, 0.25) is 4.34 Å². The van der Waals surface area contributed by atoms with E-state index in [1.165, 1.54) is 6.07 Å². The van der Waals surface area contributed by atoms with E-state index in [4.69, 9.17) is 11.6 Å². The van der Waals surface area contributed by atoms with E-state index in [-0.39, 0.29) is 4.21 Å². The summed E-state index contributed by atoms with van der Waals surface area (Å²) < 4.78 is 27.4. The van der Waals surface area contributed by atoms with Crippen LogP contribution in [0.3, 0.4) is 0 Å². The third-order valence-corrected chi connectivity index (χ3v) is 5.48. The number of nitrogens with one attached hydrogen (secondary N) is 2. The molecule has 0 atom stereocenters. The Labute approximate surface area is 121 Å². The van der Waals surface area contributed by atoms with Crippen LogP contribution in [0.15, 0.2) is 40.6 Å². The van der Waals surface area contributed by atoms with Crippen LogP contribution < -0.4 is 10.0 Å². The zero-order chi connectivity index (χ0) is 13.9. The Morgan fingerprint density at radius 1 is 1.26 bits per heavy atom. The van der Waals surface area contributed by atoms with E-state index in [0.717, 1.165) is 16.9 Å². The Morgan fingerprint density at radius 2 is 2.05 bits per heavy atom. The lowest BCUT2D eigenvalue weighted by Crippen LogP contribution is -2.12. The molecule has 4 nitrogen and oxygen atoms in total. The first-order valence-corrected chi connectivity index (χ1v) is 8.21. The predicted molar refractivity (Wildman–Crippen MR) is 79.3 cm³/mol. The first-order valence-electron chi connectivity index (χ1n) is 5.53. The molecule has 0 saturated heterocycles. The monoisotopic (exact) mass is 316 g/mol. The van der Waals surface area contributed by atoms with E-state index in [9.17, 15) is 8.42 Å². The van der Waals surface area contributed by atoms with Gasteiger partial charge in [-0.3, -0.25) is 4.72 Å². The van der Waals surface area contributed by atoms with Crippen LogP contribution in [0, 0.1) is 0 Å². The number of anilines is 1. The first-order chi connectivity index (χ1) is 9.01. The maximum Gasteiger partial charge on any atom is 0.271 e. The van der Waals surface area contributed by atoms with Gasteiger partial charge in [0.25, 0.3) is 10.0 Å². The summed E-state index contributed by atoms with van der Waals surface area (Å²) in [5, 5.41) is 3.02. The molecule has 2 aromatic rings. The zero-order valence-electron chi connectivity index (χ0n) is 10.2. The van der Waals surface area contributed by atoms with Crippen LogP contribution in [-0.2, 0) is 16.6 Å². The highest BCUT2D eigenvalue weighted by atomic mass is 35.5. The molecule has 102 valence electrons. The molecule has 1 aromatic heterocycles. The minimum Gasteiger partial charge on any atom is -0.316 e. The van der Waals surface area contributed by atoms with Crippen LogP contribution in [0.25, 0.3) is 0 Å². The molecule has 2 rings (SSSR count). The molecule has 0 bridgehead atoms. The van der Waals surface area contributed by atoms with Gasteiger partial charge < -0.3 is 5.32 Å². The SMILES string of the molecule is CNCc1cccc(NS(=O)(=O)c2ccc(Cl)s2)c1. The molecule has 0 radical (unpaired) electrons. The Bertz CT molecular complexity index is 668. The summed E-state index contributed by atoms with van der Waals surface area (Å²) in [4.78, 5) is 0. The van der Waals surface area contributed by atoms with Crippen molar-refractivity contribution < 1.29 is 8.42 Å². The highest BCUT2D eigenvalue weighted by molar-refractivity contribution is 7.94. The van der Waals surface area contributed by atoms with Gasteiger partial charge in [0.05, 0.1) is 4.34 Å². The molecule has 0 aliphatic heterocycles. The molecule has 2 N–H and O–H groups in total. The lowest BCUT2D eigenvalue weighted by molar-refractivity contribution is 0.603. The highest BCUT2D eigenvalue weighted by Crippen LogP contribution is 2.27. The number of rotatable bonds is 5. The molecular weight excluding hydrogens is 304 g/mol. The van der Waals surface area contributed by atoms with Gasteiger partial charge >= 0.3 is 0 Å². The van der Waals surface area contributed by atoms with Gasteiger partial charge in [-0.15, -0.1) is 11.3 Å². The van der Waals surface area contributed by atoms with Gasteiger partial charge in [0.15, 0.2) is 0 Å². The van der Waals surface area contributed by atoms with Crippen molar-refractivity contribution in [2.24, 2.45) is 0 Å². The molecule has 0 spiro atoms. The van der Waals surface area contributed by atoms with Gasteiger partial charge in [0.1, 0.15) is 4.21 Å². The number of hydrogen-bond acceptors (Lipinski definition) is 4. The van der Waals surface area contributed by atoms with Crippen molar-refractivity contribution in [3.8, 4) is 0 Å². The maximum absolute atomic E-state index is 12.1. The third-order valence-electron chi connectivity index (χ3n) is 2.37. The fourth-order valence-corrected chi connectivity index (χ4v) is 4.13. The quantitative estimate of drug-likeness (QED) is 0.891. The summed E-state index contributed by atoms with van der Waals surface area (Å²) in [7, 11) is -1.72. The van der Waals surface area contributed by atoms with Crippen molar-refractivity contribution >= 4 is 38.6 Å². The Hall–Kier alpha value is -1.08. The van der Waals surface area contributed by atoms with Crippen molar-refractivity contribution in [3.05, 3.63) is 46.3 Å². The standard InChI is InChI=1S/C12H13ClN2O2S2/c1-14-8-9-3-2-4-10(7-9)15-19(16,17)12-6-5-11(13)18-12/h2-7,14-15H,8H2,1H3. The van der Waals surface area contributed by atoms with E-state index in [2.05, 4.69) is 10.0 Å². The maximum atomic E-state index is 12.1. The van der Waals surface area contributed by atoms with Crippen LogP contribution >= 0.6 is 22.9 Å². The molecule has 19 heavy (non-hydrogen) atoms. The van der Waals surface area contributed by atoms with Gasteiger partial charge in [0, 0.05) is 12.2 Å². The molecule has 0 unspecified atom stereocenters. The van der Waals surface area contributed by atoms with Crippen LogP contribution in [0.4, 0.5) is 5.69 Å². The molecule has 0 aliphatic rings. The van der Waals surface area contributed by atoms with Gasteiger partial charge in [-0.1, -0.05) is 23.7 Å². The van der Waals surface area contributed by atoms with Gasteiger partial charge in [-0.25, -0.2) is 8.42 Å². The molecule has 0 amide bonds. The smallest absolute Gasteiger partial charge is 0.271 e. The fourth-order valence-electron chi connectivity index (χ4n) is 1.60. The summed E-state index contributed by atoms with van der Waals surface area (Å²) in [6.07, 6.45) is 0. The van der Waals surface area contributed by atoms with Crippen molar-refractivity contribution in [1.82, 2.24) is 5.32 Å². The Balaban J connectivity index is 2.23. The number of halogens is 1. The molecule has 0 aliphatic carbocycles. The van der Waals surface area contributed by atoms with Gasteiger partial charge in [-0.05, 0) is 36.9 Å². The number of thiophene rings is 1. The van der Waals surface area contributed by atoms with E-state index in [0.29, 0.717) is 16.6 Å². The van der Waals surface area contributed by atoms with Crippen molar-refractivity contribution in [3.63, 3.8) is 0 Å². The van der Waals surface area contributed by atoms with E-state index in [1.807, 2.05) is 19.2 Å². The van der Waals surface area contributed by atoms with Crippen LogP contribution in [-0.4, -0.2) is 15.5 Å². The molecule has 7 heteroatoms. The second-order valence-electron chi connectivity index (χ2n) is 3.89. The Morgan fingerprint density at radius 3 is 2.68 bits per heavy atom. The fraction of sp³-hybridized carbons (Fsp3) is 0.167. The van der Waals surface area contributed by atoms with E-state index < -0.39 is 10.0 Å². The summed E-state index contributed by atoms with van der Waals surface area (Å²) in [6.45, 7) is 0.681. The van der Waals surface area contributed by atoms with Crippen LogP contribution in [0.5, 0.6) is 0 Å². The summed E-state index contributed by atoms with van der Waals surface area (Å²) >= 11 is 6.78. The molecule has 0 fully saturated rings. The summed E-state index contributed by atoms with van der Waals surface area (Å²) in [5.74, 6) is 0. The predicted octanol–water partition coefficient (Wildman–Crippen LogP) is 2.92. The molecule has 0 saturated carbocycles. The van der Waals surface area contributed by atoms with Crippen molar-refractivity contribution in [1.29, 1.82) is 0 Å². The largest absolute Gasteiger partial charge is 0.316 e. The topological polar surface area (TPSA) is 58.2 Å². The average molecular weight is 317 g/mol. The second-order valence-corrected chi connectivity index (χ2v) is 7.52. The van der Waals surface area contributed by atoms with Gasteiger partial charge in [-0.2, -0.15) is 0 Å².